The maximum absolute atomic E-state index is 8.36. The molecule has 5 heteroatoms. The minimum absolute atomic E-state index is 0.250. The molecule has 0 aliphatic carbocycles. The highest BCUT2D eigenvalue weighted by Gasteiger charge is 2.04. The van der Waals surface area contributed by atoms with E-state index in [1.54, 1.807) is 6.20 Å². The van der Waals surface area contributed by atoms with Crippen molar-refractivity contribution in [3.05, 3.63) is 47.9 Å². The molecule has 1 unspecified atom stereocenters. The van der Waals surface area contributed by atoms with E-state index in [1.807, 2.05) is 46.0 Å². The van der Waals surface area contributed by atoms with Gasteiger partial charge in [0.2, 0.25) is 0 Å². The number of aryl methyl sites for hydroxylation is 1. The number of hydrogen-bond donors (Lipinski definition) is 3. The van der Waals surface area contributed by atoms with Crippen molar-refractivity contribution in [1.82, 2.24) is 10.3 Å². The summed E-state index contributed by atoms with van der Waals surface area (Å²) in [6.45, 7) is 18.5. The largest absolute Gasteiger partial charge is 0.483 e. The van der Waals surface area contributed by atoms with E-state index in [-0.39, 0.29) is 6.47 Å². The van der Waals surface area contributed by atoms with Gasteiger partial charge in [-0.05, 0) is 76.2 Å². The van der Waals surface area contributed by atoms with Gasteiger partial charge in [0.15, 0.2) is 0 Å². The highest BCUT2D eigenvalue weighted by atomic mass is 16.3. The molecule has 0 bridgehead atoms. The number of pyridine rings is 1. The molecule has 1 fully saturated rings. The summed E-state index contributed by atoms with van der Waals surface area (Å²) in [6.07, 6.45) is 9.79. The Morgan fingerprint density at radius 3 is 2.52 bits per heavy atom. The SMILES string of the molecule is C=C(C)/C(=C\C)Nc1cnccc1C.CC.CC1CCCNCC1.O=CO. The van der Waals surface area contributed by atoms with Crippen LogP contribution in [0.3, 0.4) is 0 Å². The van der Waals surface area contributed by atoms with Crippen LogP contribution < -0.4 is 10.6 Å². The van der Waals surface area contributed by atoms with Crippen LogP contribution in [0.1, 0.15) is 59.4 Å². The predicted molar refractivity (Wildman–Crippen MR) is 117 cm³/mol. The Morgan fingerprint density at radius 1 is 1.37 bits per heavy atom. The Kier molecular flexibility index (Phi) is 18.7. The van der Waals surface area contributed by atoms with E-state index < -0.39 is 0 Å². The summed E-state index contributed by atoms with van der Waals surface area (Å²) >= 11 is 0. The Bertz CT molecular complexity index is 534. The quantitative estimate of drug-likeness (QED) is 0.485. The third kappa shape index (κ3) is 14.7. The first-order valence-corrected chi connectivity index (χ1v) is 9.74. The number of aromatic nitrogens is 1. The van der Waals surface area contributed by atoms with Gasteiger partial charge in [0.1, 0.15) is 0 Å². The van der Waals surface area contributed by atoms with Gasteiger partial charge in [-0.25, -0.2) is 0 Å². The fourth-order valence-corrected chi connectivity index (χ4v) is 2.36. The molecule has 2 heterocycles. The van der Waals surface area contributed by atoms with Gasteiger partial charge in [-0.3, -0.25) is 9.78 Å². The minimum atomic E-state index is -0.250. The molecule has 0 radical (unpaired) electrons. The van der Waals surface area contributed by atoms with Gasteiger partial charge in [0.25, 0.3) is 6.47 Å². The van der Waals surface area contributed by atoms with E-state index in [0.29, 0.717) is 0 Å². The molecule has 5 nitrogen and oxygen atoms in total. The second-order valence-electron chi connectivity index (χ2n) is 6.19. The van der Waals surface area contributed by atoms with Gasteiger partial charge in [-0.1, -0.05) is 33.4 Å². The number of rotatable bonds is 3. The van der Waals surface area contributed by atoms with Crippen molar-refractivity contribution in [3.63, 3.8) is 0 Å². The van der Waals surface area contributed by atoms with Crippen LogP contribution in [-0.2, 0) is 4.79 Å². The zero-order valence-corrected chi connectivity index (χ0v) is 18.0. The topological polar surface area (TPSA) is 74.2 Å². The smallest absolute Gasteiger partial charge is 0.290 e. The zero-order valence-electron chi connectivity index (χ0n) is 18.0. The maximum atomic E-state index is 8.36. The Labute approximate surface area is 166 Å². The summed E-state index contributed by atoms with van der Waals surface area (Å²) in [6, 6.07) is 1.98. The molecule has 3 N–H and O–H groups in total. The van der Waals surface area contributed by atoms with Crippen molar-refractivity contribution >= 4 is 12.2 Å². The third-order valence-corrected chi connectivity index (χ3v) is 3.92. The number of allylic oxidation sites excluding steroid dienone is 2. The van der Waals surface area contributed by atoms with Crippen LogP contribution in [0.25, 0.3) is 0 Å². The molecular formula is C22H39N3O2. The Hall–Kier alpha value is -2.14. The predicted octanol–water partition coefficient (Wildman–Crippen LogP) is 5.40. The molecule has 1 aliphatic rings. The normalized spacial score (nSPS) is 15.9. The van der Waals surface area contributed by atoms with E-state index in [0.717, 1.165) is 22.9 Å². The first-order valence-electron chi connectivity index (χ1n) is 9.74. The van der Waals surface area contributed by atoms with Crippen molar-refractivity contribution in [2.45, 2.75) is 60.8 Å². The first kappa shape index (κ1) is 27.1. The second-order valence-corrected chi connectivity index (χ2v) is 6.19. The summed E-state index contributed by atoms with van der Waals surface area (Å²) in [4.78, 5) is 12.4. The fourth-order valence-electron chi connectivity index (χ4n) is 2.36. The van der Waals surface area contributed by atoms with E-state index in [2.05, 4.69) is 36.0 Å². The zero-order chi connectivity index (χ0) is 21.1. The summed E-state index contributed by atoms with van der Waals surface area (Å²) in [5, 5.41) is 13.6. The lowest BCUT2D eigenvalue weighted by molar-refractivity contribution is -0.122. The van der Waals surface area contributed by atoms with Gasteiger partial charge in [-0.15, -0.1) is 0 Å². The molecule has 27 heavy (non-hydrogen) atoms. The second kappa shape index (κ2) is 18.6. The lowest BCUT2D eigenvalue weighted by Crippen LogP contribution is -2.13. The fraction of sp³-hybridized carbons (Fsp3) is 0.545. The lowest BCUT2D eigenvalue weighted by Gasteiger charge is -2.11. The monoisotopic (exact) mass is 377 g/mol. The van der Waals surface area contributed by atoms with Crippen LogP contribution >= 0.6 is 0 Å². The van der Waals surface area contributed by atoms with Gasteiger partial charge < -0.3 is 15.7 Å². The van der Waals surface area contributed by atoms with Gasteiger partial charge >= 0.3 is 0 Å². The van der Waals surface area contributed by atoms with Crippen molar-refractivity contribution in [2.75, 3.05) is 18.4 Å². The van der Waals surface area contributed by atoms with Crippen molar-refractivity contribution in [1.29, 1.82) is 0 Å². The average Bonchev–Trinajstić information content (AvgIpc) is 2.91. The molecule has 1 saturated heterocycles. The number of nitrogens with zero attached hydrogens (tertiary/aromatic N) is 1. The van der Waals surface area contributed by atoms with Crippen LogP contribution in [0.5, 0.6) is 0 Å². The number of nitrogens with one attached hydrogen (secondary N) is 2. The van der Waals surface area contributed by atoms with Crippen LogP contribution in [0.15, 0.2) is 42.4 Å². The highest BCUT2D eigenvalue weighted by molar-refractivity contribution is 5.55. The molecule has 1 aromatic heterocycles. The Morgan fingerprint density at radius 2 is 2.00 bits per heavy atom. The summed E-state index contributed by atoms with van der Waals surface area (Å²) in [5.41, 5.74) is 4.28. The molecular weight excluding hydrogens is 338 g/mol. The summed E-state index contributed by atoms with van der Waals surface area (Å²) < 4.78 is 0. The molecule has 1 atom stereocenters. The summed E-state index contributed by atoms with van der Waals surface area (Å²) in [7, 11) is 0. The average molecular weight is 378 g/mol. The molecule has 0 spiro atoms. The Balaban J connectivity index is 0. The van der Waals surface area contributed by atoms with E-state index in [9.17, 15) is 0 Å². The first-order chi connectivity index (χ1) is 13.0. The molecule has 1 aliphatic heterocycles. The van der Waals surface area contributed by atoms with Gasteiger partial charge in [0, 0.05) is 11.9 Å². The van der Waals surface area contributed by atoms with E-state index in [1.165, 1.54) is 37.9 Å². The van der Waals surface area contributed by atoms with Gasteiger partial charge in [0.05, 0.1) is 11.9 Å². The van der Waals surface area contributed by atoms with E-state index in [4.69, 9.17) is 9.90 Å². The molecule has 0 amide bonds. The lowest BCUT2D eigenvalue weighted by atomic mass is 10.0. The van der Waals surface area contributed by atoms with Crippen LogP contribution in [-0.4, -0.2) is 29.7 Å². The number of anilines is 1. The van der Waals surface area contributed by atoms with Crippen molar-refractivity contribution in [2.24, 2.45) is 5.92 Å². The molecule has 0 saturated carbocycles. The van der Waals surface area contributed by atoms with Crippen molar-refractivity contribution < 1.29 is 9.90 Å². The summed E-state index contributed by atoms with van der Waals surface area (Å²) in [5.74, 6) is 0.963. The van der Waals surface area contributed by atoms with Crippen molar-refractivity contribution in [3.8, 4) is 0 Å². The number of hydrogen-bond acceptors (Lipinski definition) is 4. The van der Waals surface area contributed by atoms with Crippen LogP contribution in [0, 0.1) is 12.8 Å². The minimum Gasteiger partial charge on any atom is -0.483 e. The third-order valence-electron chi connectivity index (χ3n) is 3.92. The molecule has 2 rings (SSSR count). The molecule has 154 valence electrons. The number of carbonyl (C=O) groups is 1. The van der Waals surface area contributed by atoms with Gasteiger partial charge in [-0.2, -0.15) is 0 Å². The highest BCUT2D eigenvalue weighted by Crippen LogP contribution is 2.17. The van der Waals surface area contributed by atoms with E-state index >= 15 is 0 Å². The molecule has 0 aromatic carbocycles. The maximum Gasteiger partial charge on any atom is 0.290 e. The molecule has 1 aromatic rings. The number of carboxylic acid groups (broad SMARTS) is 1. The standard InChI is InChI=1S/C12H16N2.C7H15N.C2H6.CH2O2/c1-5-11(9(2)3)14-12-8-13-7-6-10(12)4;1-7-3-2-5-8-6-4-7;1-2;2-1-3/h5-8,14H,2H2,1,3-4H3;7-8H,2-6H2,1H3;1-2H3;1H,(H,2,3)/b11-5+;;;. The van der Waals surface area contributed by atoms with Crippen LogP contribution in [0.4, 0.5) is 5.69 Å². The van der Waals surface area contributed by atoms with Crippen LogP contribution in [0.2, 0.25) is 0 Å².